The lowest BCUT2D eigenvalue weighted by molar-refractivity contribution is -0.137. The van der Waals surface area contributed by atoms with Gasteiger partial charge in [-0.1, -0.05) is 35.5 Å². The van der Waals surface area contributed by atoms with Crippen molar-refractivity contribution in [3.8, 4) is 11.3 Å². The number of para-hydroxylation sites is 1. The van der Waals surface area contributed by atoms with Crippen molar-refractivity contribution in [1.29, 1.82) is 0 Å². The second kappa shape index (κ2) is 10.1. The molecule has 0 fully saturated rings. The normalized spacial score (nSPS) is 11.4. The van der Waals surface area contributed by atoms with E-state index >= 15 is 0 Å². The van der Waals surface area contributed by atoms with E-state index in [2.05, 4.69) is 15.8 Å². The molecule has 0 saturated heterocycles. The molecule has 0 bridgehead atoms. The van der Waals surface area contributed by atoms with Crippen molar-refractivity contribution in [1.82, 2.24) is 10.5 Å². The predicted octanol–water partition coefficient (Wildman–Crippen LogP) is 5.22. The molecule has 0 spiro atoms. The molecule has 5 nitrogen and oxygen atoms in total. The highest BCUT2D eigenvalue weighted by atomic mass is 19.4. The molecule has 8 heteroatoms. The Morgan fingerprint density at radius 1 is 1.06 bits per heavy atom. The Labute approximate surface area is 178 Å². The monoisotopic (exact) mass is 431 g/mol. The number of benzene rings is 2. The van der Waals surface area contributed by atoms with E-state index in [9.17, 15) is 18.0 Å². The topological polar surface area (TPSA) is 67.2 Å². The molecule has 1 heterocycles. The van der Waals surface area contributed by atoms with E-state index < -0.39 is 11.7 Å². The number of aryl methyl sites for hydroxylation is 2. The summed E-state index contributed by atoms with van der Waals surface area (Å²) in [6, 6.07) is 12.7. The van der Waals surface area contributed by atoms with Gasteiger partial charge in [0.1, 0.15) is 0 Å². The average Bonchev–Trinajstić information content (AvgIpc) is 3.21. The van der Waals surface area contributed by atoms with Crippen LogP contribution in [0.5, 0.6) is 0 Å². The average molecular weight is 431 g/mol. The van der Waals surface area contributed by atoms with Crippen LogP contribution in [0, 0.1) is 6.92 Å². The number of anilines is 1. The van der Waals surface area contributed by atoms with Crippen molar-refractivity contribution < 1.29 is 22.5 Å². The first-order valence-corrected chi connectivity index (χ1v) is 10.0. The van der Waals surface area contributed by atoms with E-state index in [1.54, 1.807) is 0 Å². The van der Waals surface area contributed by atoms with E-state index in [4.69, 9.17) is 4.52 Å². The number of hydrogen-bond donors (Lipinski definition) is 2. The van der Waals surface area contributed by atoms with Gasteiger partial charge in [-0.3, -0.25) is 4.79 Å². The molecule has 1 aromatic heterocycles. The second-order valence-corrected chi connectivity index (χ2v) is 7.20. The van der Waals surface area contributed by atoms with Crippen LogP contribution in [-0.4, -0.2) is 24.2 Å². The summed E-state index contributed by atoms with van der Waals surface area (Å²) in [5.74, 6) is 0.277. The molecule has 0 aliphatic carbocycles. The number of alkyl halides is 3. The highest BCUT2D eigenvalue weighted by Crippen LogP contribution is 2.32. The molecule has 0 aliphatic heterocycles. The maximum absolute atomic E-state index is 12.7. The summed E-state index contributed by atoms with van der Waals surface area (Å²) in [6.07, 6.45) is -1.50. The van der Waals surface area contributed by atoms with Gasteiger partial charge in [-0.15, -0.1) is 0 Å². The van der Waals surface area contributed by atoms with Crippen LogP contribution in [0.4, 0.5) is 18.9 Å². The Bertz CT molecular complexity index is 998. The molecule has 0 radical (unpaired) electrons. The number of halogens is 3. The van der Waals surface area contributed by atoms with E-state index in [1.165, 1.54) is 23.9 Å². The van der Waals surface area contributed by atoms with Crippen molar-refractivity contribution in [2.24, 2.45) is 0 Å². The fourth-order valence-electron chi connectivity index (χ4n) is 3.13. The molecule has 164 valence electrons. The van der Waals surface area contributed by atoms with Gasteiger partial charge < -0.3 is 15.2 Å². The smallest absolute Gasteiger partial charge is 0.385 e. The molecular weight excluding hydrogens is 407 g/mol. The van der Waals surface area contributed by atoms with Crippen molar-refractivity contribution in [3.63, 3.8) is 0 Å². The molecule has 1 amide bonds. The van der Waals surface area contributed by atoms with Crippen LogP contribution in [0.3, 0.4) is 0 Å². The Hall–Kier alpha value is -3.29. The third kappa shape index (κ3) is 6.34. The number of carbonyl (C=O) groups is 1. The molecule has 2 aromatic carbocycles. The fraction of sp³-hybridized carbons (Fsp3) is 0.304. The Morgan fingerprint density at radius 3 is 2.52 bits per heavy atom. The summed E-state index contributed by atoms with van der Waals surface area (Å²) in [7, 11) is 0. The lowest BCUT2D eigenvalue weighted by Gasteiger charge is -2.10. The summed E-state index contributed by atoms with van der Waals surface area (Å²) in [4.78, 5) is 12.1. The molecular formula is C23H24F3N3O2. The van der Waals surface area contributed by atoms with Crippen molar-refractivity contribution in [3.05, 3.63) is 71.4 Å². The van der Waals surface area contributed by atoms with Gasteiger partial charge in [0.2, 0.25) is 5.91 Å². The number of nitrogens with one attached hydrogen (secondary N) is 2. The molecule has 0 aliphatic rings. The first-order chi connectivity index (χ1) is 14.8. The molecule has 3 aromatic rings. The van der Waals surface area contributed by atoms with Gasteiger partial charge in [0.05, 0.1) is 11.8 Å². The summed E-state index contributed by atoms with van der Waals surface area (Å²) in [6.45, 7) is 3.33. The highest BCUT2D eigenvalue weighted by molar-refractivity contribution is 5.76. The van der Waals surface area contributed by atoms with Gasteiger partial charge in [0.25, 0.3) is 0 Å². The summed E-state index contributed by atoms with van der Waals surface area (Å²) in [5.41, 5.74) is 2.69. The second-order valence-electron chi connectivity index (χ2n) is 7.20. The highest BCUT2D eigenvalue weighted by Gasteiger charge is 2.30. The van der Waals surface area contributed by atoms with Crippen molar-refractivity contribution >= 4 is 11.6 Å². The molecule has 0 unspecified atom stereocenters. The minimum Gasteiger partial charge on any atom is -0.385 e. The summed E-state index contributed by atoms with van der Waals surface area (Å²) < 4.78 is 43.4. The van der Waals surface area contributed by atoms with E-state index in [0.717, 1.165) is 30.8 Å². The first-order valence-electron chi connectivity index (χ1n) is 10.0. The summed E-state index contributed by atoms with van der Waals surface area (Å²) >= 11 is 0. The Kier molecular flexibility index (Phi) is 7.33. The van der Waals surface area contributed by atoms with Crippen LogP contribution in [0.15, 0.2) is 59.3 Å². The van der Waals surface area contributed by atoms with Gasteiger partial charge in [0.15, 0.2) is 5.76 Å². The van der Waals surface area contributed by atoms with Gasteiger partial charge in [-0.05, 0) is 43.5 Å². The zero-order valence-electron chi connectivity index (χ0n) is 17.1. The number of nitrogens with zero attached hydrogens (tertiary/aromatic N) is 1. The maximum Gasteiger partial charge on any atom is 0.416 e. The van der Waals surface area contributed by atoms with Crippen LogP contribution >= 0.6 is 0 Å². The maximum atomic E-state index is 12.7. The molecule has 31 heavy (non-hydrogen) atoms. The minimum atomic E-state index is -4.39. The Morgan fingerprint density at radius 2 is 1.81 bits per heavy atom. The van der Waals surface area contributed by atoms with Crippen molar-refractivity contribution in [2.45, 2.75) is 32.4 Å². The standard InChI is InChI=1S/C23H24F3N3O2/c1-16-5-2-3-6-20(16)27-13-4-14-28-21(30)12-9-18-15-29-31-22(18)17-7-10-19(11-8-17)23(24,25)26/h2-3,5-8,10-11,15,27H,4,9,12-14H2,1H3,(H,28,30). The number of hydrogen-bond acceptors (Lipinski definition) is 4. The minimum absolute atomic E-state index is 0.101. The van der Waals surface area contributed by atoms with E-state index in [-0.39, 0.29) is 12.3 Å². The quantitative estimate of drug-likeness (QED) is 0.456. The SMILES string of the molecule is Cc1ccccc1NCCCNC(=O)CCc1cnoc1-c1ccc(C(F)(F)F)cc1. The third-order valence-corrected chi connectivity index (χ3v) is 4.88. The third-order valence-electron chi connectivity index (χ3n) is 4.88. The van der Waals surface area contributed by atoms with E-state index in [1.807, 2.05) is 31.2 Å². The molecule has 2 N–H and O–H groups in total. The summed E-state index contributed by atoms with van der Waals surface area (Å²) in [5, 5.41) is 9.94. The van der Waals surface area contributed by atoms with Gasteiger partial charge in [-0.2, -0.15) is 13.2 Å². The Balaban J connectivity index is 1.43. The van der Waals surface area contributed by atoms with Gasteiger partial charge in [-0.25, -0.2) is 0 Å². The number of amides is 1. The lowest BCUT2D eigenvalue weighted by atomic mass is 10.0. The van der Waals surface area contributed by atoms with Crippen molar-refractivity contribution in [2.75, 3.05) is 18.4 Å². The van der Waals surface area contributed by atoms with Crippen LogP contribution in [0.1, 0.15) is 29.5 Å². The van der Waals surface area contributed by atoms with Crippen LogP contribution in [-0.2, 0) is 17.4 Å². The number of rotatable bonds is 9. The number of carbonyl (C=O) groups excluding carboxylic acids is 1. The van der Waals surface area contributed by atoms with Crippen LogP contribution in [0.25, 0.3) is 11.3 Å². The molecule has 3 rings (SSSR count). The molecule has 0 saturated carbocycles. The lowest BCUT2D eigenvalue weighted by Crippen LogP contribution is -2.26. The van der Waals surface area contributed by atoms with Gasteiger partial charge in [0, 0.05) is 36.3 Å². The first kappa shape index (κ1) is 22.4. The zero-order chi connectivity index (χ0) is 22.3. The fourth-order valence-corrected chi connectivity index (χ4v) is 3.13. The van der Waals surface area contributed by atoms with Crippen LogP contribution < -0.4 is 10.6 Å². The van der Waals surface area contributed by atoms with Gasteiger partial charge >= 0.3 is 6.18 Å². The number of aromatic nitrogens is 1. The zero-order valence-corrected chi connectivity index (χ0v) is 17.1. The van der Waals surface area contributed by atoms with E-state index in [0.29, 0.717) is 29.9 Å². The van der Waals surface area contributed by atoms with Crippen LogP contribution in [0.2, 0.25) is 0 Å². The largest absolute Gasteiger partial charge is 0.416 e. The predicted molar refractivity (Wildman–Crippen MR) is 113 cm³/mol. The molecule has 0 atom stereocenters.